The molecule has 1 aromatic carbocycles. The lowest BCUT2D eigenvalue weighted by Gasteiger charge is -2.45. The Kier molecular flexibility index (Phi) is 4.79. The monoisotopic (exact) mass is 438 g/mol. The maximum absolute atomic E-state index is 13.3. The zero-order valence-corrected chi connectivity index (χ0v) is 18.0. The van der Waals surface area contributed by atoms with E-state index in [1.54, 1.807) is 34.8 Å². The molecule has 0 saturated carbocycles. The van der Waals surface area contributed by atoms with Gasteiger partial charge in [-0.15, -0.1) is 0 Å². The van der Waals surface area contributed by atoms with Crippen LogP contribution in [0.4, 0.5) is 4.39 Å². The molecule has 6 nitrogen and oxygen atoms in total. The predicted molar refractivity (Wildman–Crippen MR) is 116 cm³/mol. The molecule has 0 spiro atoms. The van der Waals surface area contributed by atoms with E-state index in [4.69, 9.17) is 0 Å². The van der Waals surface area contributed by atoms with Crippen LogP contribution in [-0.4, -0.2) is 40.6 Å². The molecule has 0 radical (unpaired) electrons. The van der Waals surface area contributed by atoms with Crippen molar-refractivity contribution in [2.45, 2.75) is 31.1 Å². The highest BCUT2D eigenvalue weighted by Crippen LogP contribution is 2.47. The Labute approximate surface area is 181 Å². The summed E-state index contributed by atoms with van der Waals surface area (Å²) in [6.07, 6.45) is 9.21. The van der Waals surface area contributed by atoms with Crippen LogP contribution in [-0.2, 0) is 16.4 Å². The molecule has 0 bridgehead atoms. The third kappa shape index (κ3) is 3.30. The summed E-state index contributed by atoms with van der Waals surface area (Å²) in [5, 5.41) is 4.55. The molecular formula is C23H23FN4O2S. The Balaban J connectivity index is 1.50. The molecule has 3 aromatic rings. The number of rotatable bonds is 4. The van der Waals surface area contributed by atoms with E-state index >= 15 is 0 Å². The first-order chi connectivity index (χ1) is 14.9. The average molecular weight is 439 g/mol. The van der Waals surface area contributed by atoms with Gasteiger partial charge in [0, 0.05) is 30.9 Å². The van der Waals surface area contributed by atoms with Gasteiger partial charge >= 0.3 is 0 Å². The van der Waals surface area contributed by atoms with Gasteiger partial charge in [-0.25, -0.2) is 17.5 Å². The number of piperidine rings is 1. The second-order valence-electron chi connectivity index (χ2n) is 8.20. The fraction of sp³-hybridized carbons (Fsp3) is 0.304. The fourth-order valence-corrected chi connectivity index (χ4v) is 6.23. The van der Waals surface area contributed by atoms with Crippen LogP contribution < -0.4 is 0 Å². The van der Waals surface area contributed by atoms with E-state index in [9.17, 15) is 12.8 Å². The van der Waals surface area contributed by atoms with Crippen LogP contribution in [0.3, 0.4) is 0 Å². The van der Waals surface area contributed by atoms with Crippen molar-refractivity contribution in [1.29, 1.82) is 0 Å². The smallest absolute Gasteiger partial charge is 0.244 e. The molecule has 160 valence electrons. The average Bonchev–Trinajstić information content (AvgIpc) is 3.20. The van der Waals surface area contributed by atoms with Crippen molar-refractivity contribution in [1.82, 2.24) is 19.1 Å². The second kappa shape index (κ2) is 7.39. The van der Waals surface area contributed by atoms with Crippen LogP contribution >= 0.6 is 0 Å². The molecule has 0 N–H and O–H groups in total. The highest BCUT2D eigenvalue weighted by molar-refractivity contribution is 7.89. The lowest BCUT2D eigenvalue weighted by molar-refractivity contribution is 0.204. The number of hydrogen-bond donors (Lipinski definition) is 0. The Morgan fingerprint density at radius 3 is 2.68 bits per heavy atom. The third-order valence-electron chi connectivity index (χ3n) is 6.54. The number of aromatic nitrogens is 3. The van der Waals surface area contributed by atoms with E-state index < -0.39 is 10.0 Å². The van der Waals surface area contributed by atoms with Crippen molar-refractivity contribution >= 4 is 16.1 Å². The first-order valence-corrected chi connectivity index (χ1v) is 11.8. The van der Waals surface area contributed by atoms with Crippen molar-refractivity contribution in [2.24, 2.45) is 5.41 Å². The van der Waals surface area contributed by atoms with Gasteiger partial charge in [0.05, 0.1) is 17.6 Å². The zero-order valence-electron chi connectivity index (χ0n) is 17.2. The fourth-order valence-electron chi connectivity index (χ4n) is 4.74. The van der Waals surface area contributed by atoms with Crippen LogP contribution in [0.1, 0.15) is 31.0 Å². The summed E-state index contributed by atoms with van der Waals surface area (Å²) in [5.74, 6) is -0.282. The van der Waals surface area contributed by atoms with Crippen LogP contribution in [0, 0.1) is 11.2 Å². The van der Waals surface area contributed by atoms with E-state index in [-0.39, 0.29) is 16.1 Å². The van der Waals surface area contributed by atoms with E-state index in [0.717, 1.165) is 29.8 Å². The van der Waals surface area contributed by atoms with Gasteiger partial charge in [0.1, 0.15) is 10.7 Å². The topological polar surface area (TPSA) is 68.1 Å². The minimum Gasteiger partial charge on any atom is -0.263 e. The molecule has 1 atom stereocenters. The van der Waals surface area contributed by atoms with Gasteiger partial charge in [0.25, 0.3) is 0 Å². The van der Waals surface area contributed by atoms with Crippen molar-refractivity contribution in [3.63, 3.8) is 0 Å². The highest BCUT2D eigenvalue weighted by Gasteiger charge is 2.44. The van der Waals surface area contributed by atoms with Gasteiger partial charge in [-0.05, 0) is 67.3 Å². The number of nitrogens with zero attached hydrogens (tertiary/aromatic N) is 4. The minimum atomic E-state index is -3.59. The summed E-state index contributed by atoms with van der Waals surface area (Å²) >= 11 is 0. The number of sulfonamides is 1. The Bertz CT molecular complexity index is 1250. The number of hydrogen-bond acceptors (Lipinski definition) is 4. The van der Waals surface area contributed by atoms with Crippen LogP contribution in [0.25, 0.3) is 11.8 Å². The number of fused-ring (bicyclic) bond motifs is 2. The first kappa shape index (κ1) is 20.1. The molecule has 31 heavy (non-hydrogen) atoms. The Morgan fingerprint density at radius 2 is 1.97 bits per heavy atom. The van der Waals surface area contributed by atoms with E-state index in [1.807, 2.05) is 10.9 Å². The Morgan fingerprint density at radius 1 is 1.16 bits per heavy atom. The normalized spacial score (nSPS) is 21.3. The predicted octanol–water partition coefficient (Wildman–Crippen LogP) is 3.84. The minimum absolute atomic E-state index is 0.231. The maximum atomic E-state index is 13.3. The molecule has 1 aliphatic carbocycles. The van der Waals surface area contributed by atoms with Crippen molar-refractivity contribution < 1.29 is 12.8 Å². The summed E-state index contributed by atoms with van der Waals surface area (Å²) in [5.41, 5.74) is 3.88. The molecule has 1 fully saturated rings. The molecule has 0 amide bonds. The quantitative estimate of drug-likeness (QED) is 0.621. The standard InChI is InChI=1S/C23H23FN4O2S/c1-2-23-13-17-14-26-28(20-7-5-19(24)6-8-20)22(17)12-18(23)9-11-27(16-23)31(29,30)21-4-3-10-25-15-21/h3-8,10,12,14-15H,2,9,11,13,16H2,1H3/t23-/m1/s1. The molecule has 3 heterocycles. The largest absolute Gasteiger partial charge is 0.263 e. The SMILES string of the molecule is CC[C@]12Cc3cnn(-c4ccc(F)cc4)c3C=C1CCN(S(=O)(=O)c1cccnc1)C2. The summed E-state index contributed by atoms with van der Waals surface area (Å²) < 4.78 is 43.2. The Hall–Kier alpha value is -2.84. The zero-order chi connectivity index (χ0) is 21.6. The van der Waals surface area contributed by atoms with Gasteiger partial charge in [0.15, 0.2) is 0 Å². The molecule has 5 rings (SSSR count). The van der Waals surface area contributed by atoms with Crippen molar-refractivity contribution in [2.75, 3.05) is 13.1 Å². The molecule has 2 aliphatic rings. The lowest BCUT2D eigenvalue weighted by atomic mass is 9.67. The van der Waals surface area contributed by atoms with Crippen LogP contribution in [0.15, 0.2) is 65.5 Å². The molecule has 8 heteroatoms. The first-order valence-electron chi connectivity index (χ1n) is 10.4. The molecule has 1 aliphatic heterocycles. The summed E-state index contributed by atoms with van der Waals surface area (Å²) in [6, 6.07) is 9.53. The third-order valence-corrected chi connectivity index (χ3v) is 8.37. The van der Waals surface area contributed by atoms with Crippen LogP contribution in [0.2, 0.25) is 0 Å². The molecule has 0 unspecified atom stereocenters. The maximum Gasteiger partial charge on any atom is 0.244 e. The van der Waals surface area contributed by atoms with E-state index in [2.05, 4.69) is 23.1 Å². The lowest BCUT2D eigenvalue weighted by Crippen LogP contribution is -2.49. The highest BCUT2D eigenvalue weighted by atomic mass is 32.2. The van der Waals surface area contributed by atoms with Crippen molar-refractivity contribution in [3.8, 4) is 5.69 Å². The van der Waals surface area contributed by atoms with E-state index in [1.165, 1.54) is 23.9 Å². The van der Waals surface area contributed by atoms with E-state index in [0.29, 0.717) is 19.5 Å². The number of halogens is 1. The summed E-state index contributed by atoms with van der Waals surface area (Å²) in [6.45, 7) is 2.99. The summed E-state index contributed by atoms with van der Waals surface area (Å²) in [7, 11) is -3.59. The van der Waals surface area contributed by atoms with Gasteiger partial charge in [-0.1, -0.05) is 12.5 Å². The van der Waals surface area contributed by atoms with Gasteiger partial charge in [0.2, 0.25) is 10.0 Å². The summed E-state index contributed by atoms with van der Waals surface area (Å²) in [4.78, 5) is 4.21. The molecular weight excluding hydrogens is 415 g/mol. The van der Waals surface area contributed by atoms with Crippen molar-refractivity contribution in [3.05, 3.63) is 77.6 Å². The number of pyridine rings is 1. The van der Waals surface area contributed by atoms with Gasteiger partial charge in [-0.2, -0.15) is 9.40 Å². The second-order valence-corrected chi connectivity index (χ2v) is 10.1. The number of benzene rings is 1. The molecule has 1 saturated heterocycles. The van der Waals surface area contributed by atoms with Gasteiger partial charge < -0.3 is 0 Å². The molecule has 2 aromatic heterocycles. The van der Waals surface area contributed by atoms with Gasteiger partial charge in [-0.3, -0.25) is 4.98 Å². The van der Waals surface area contributed by atoms with Crippen LogP contribution in [0.5, 0.6) is 0 Å².